The van der Waals surface area contributed by atoms with Crippen LogP contribution in [-0.4, -0.2) is 53.8 Å². The molecule has 1 unspecified atom stereocenters. The molecule has 1 aliphatic carbocycles. The lowest BCUT2D eigenvalue weighted by Gasteiger charge is -2.28. The topological polar surface area (TPSA) is 133 Å². The zero-order valence-corrected chi connectivity index (χ0v) is 23.1. The summed E-state index contributed by atoms with van der Waals surface area (Å²) in [4.78, 5) is 37.4. The highest BCUT2D eigenvalue weighted by atomic mass is 32.2. The van der Waals surface area contributed by atoms with Crippen LogP contribution in [0.4, 0.5) is 9.59 Å². The number of hydrogen-bond donors (Lipinski definition) is 1. The van der Waals surface area contributed by atoms with E-state index in [0.717, 1.165) is 5.56 Å². The molecule has 1 aromatic heterocycles. The van der Waals surface area contributed by atoms with E-state index in [0.29, 0.717) is 19.3 Å². The third-order valence-electron chi connectivity index (χ3n) is 7.23. The third-order valence-corrected chi connectivity index (χ3v) is 9.27. The summed E-state index contributed by atoms with van der Waals surface area (Å²) in [5.41, 5.74) is -0.381. The first kappa shape index (κ1) is 27.7. The summed E-state index contributed by atoms with van der Waals surface area (Å²) in [5, 5.41) is 3.31. The number of aromatic nitrogens is 1. The molecule has 1 saturated heterocycles. The Morgan fingerprint density at radius 1 is 1.02 bits per heavy atom. The minimum atomic E-state index is -4.02. The molecule has 0 bridgehead atoms. The van der Waals surface area contributed by atoms with Gasteiger partial charge in [0.1, 0.15) is 6.61 Å². The van der Waals surface area contributed by atoms with Crippen LogP contribution in [0.1, 0.15) is 38.7 Å². The lowest BCUT2D eigenvalue weighted by atomic mass is 10.1. The molecule has 40 heavy (non-hydrogen) atoms. The number of sulfonamides is 1. The number of nitrogens with one attached hydrogen (secondary N) is 1. The molecule has 2 heterocycles. The number of amides is 1. The number of alkyl carbamates (subject to hydrolysis) is 1. The minimum absolute atomic E-state index is 0.00737. The van der Waals surface area contributed by atoms with Crippen molar-refractivity contribution in [3.63, 3.8) is 0 Å². The number of rotatable bonds is 8. The Kier molecular flexibility index (Phi) is 7.56. The molecule has 2 aromatic carbocycles. The third kappa shape index (κ3) is 5.41. The monoisotopic (exact) mass is 569 g/mol. The van der Waals surface area contributed by atoms with Crippen LogP contribution in [0.2, 0.25) is 0 Å². The highest BCUT2D eigenvalue weighted by Crippen LogP contribution is 2.52. The molecule has 0 radical (unpaired) electrons. The van der Waals surface area contributed by atoms with Gasteiger partial charge in [-0.05, 0) is 56.9 Å². The van der Waals surface area contributed by atoms with E-state index < -0.39 is 33.4 Å². The van der Waals surface area contributed by atoms with Crippen molar-refractivity contribution in [2.24, 2.45) is 0 Å². The summed E-state index contributed by atoms with van der Waals surface area (Å²) in [7, 11) is -4.02. The average Bonchev–Trinajstić information content (AvgIpc) is 3.64. The van der Waals surface area contributed by atoms with E-state index in [1.165, 1.54) is 39.3 Å². The van der Waals surface area contributed by atoms with Crippen molar-refractivity contribution in [1.82, 2.24) is 14.2 Å². The van der Waals surface area contributed by atoms with Crippen molar-refractivity contribution >= 4 is 33.0 Å². The maximum absolute atomic E-state index is 13.9. The second-order valence-corrected chi connectivity index (χ2v) is 12.1. The number of carbonyl (C=O) groups is 2. The molecule has 1 atom stereocenters. The quantitative estimate of drug-likeness (QED) is 0.406. The smallest absolute Gasteiger partial charge is 0.445 e. The molecule has 5 rings (SSSR count). The number of hydrogen-bond acceptors (Lipinski definition) is 8. The minimum Gasteiger partial charge on any atom is -0.445 e. The highest BCUT2D eigenvalue weighted by Gasteiger charge is 2.62. The Balaban J connectivity index is 1.33. The Labute approximate surface area is 231 Å². The SMILES string of the molecule is CC(C)OC(=O)OCn1ccc2c(S(=O)(=O)N3CCC(NC(=O)OCc4ccccc4)C34CC4)cccc2c1=O. The first-order valence-corrected chi connectivity index (χ1v) is 14.5. The fraction of sp³-hybridized carbons (Fsp3) is 0.393. The van der Waals surface area contributed by atoms with Crippen molar-refractivity contribution in [2.75, 3.05) is 6.54 Å². The van der Waals surface area contributed by atoms with Crippen LogP contribution in [0.25, 0.3) is 10.8 Å². The Bertz CT molecular complexity index is 1580. The molecule has 11 nitrogen and oxygen atoms in total. The molecule has 2 fully saturated rings. The van der Waals surface area contributed by atoms with Gasteiger partial charge in [-0.1, -0.05) is 36.4 Å². The summed E-state index contributed by atoms with van der Waals surface area (Å²) >= 11 is 0. The van der Waals surface area contributed by atoms with Crippen LogP contribution in [0.3, 0.4) is 0 Å². The lowest BCUT2D eigenvalue weighted by Crippen LogP contribution is -2.48. The molecule has 3 aromatic rings. The van der Waals surface area contributed by atoms with Crippen LogP contribution >= 0.6 is 0 Å². The molecular formula is C28H31N3O8S. The second-order valence-electron chi connectivity index (χ2n) is 10.2. The summed E-state index contributed by atoms with van der Waals surface area (Å²) in [5.74, 6) is 0. The fourth-order valence-corrected chi connectivity index (χ4v) is 7.27. The Morgan fingerprint density at radius 3 is 2.48 bits per heavy atom. The second kappa shape index (κ2) is 10.9. The summed E-state index contributed by atoms with van der Waals surface area (Å²) in [6.07, 6.45) is 1.17. The molecule has 212 valence electrons. The zero-order valence-electron chi connectivity index (χ0n) is 22.2. The standard InChI is InChI=1S/C28H31N3O8S/c1-19(2)39-27(34)38-18-30-15-11-21-22(25(30)32)9-6-10-23(21)40(35,36)31-16-12-24(28(31)13-14-28)29-26(33)37-17-20-7-4-3-5-8-20/h3-11,15,19,24H,12-14,16-18H2,1-2H3,(H,29,33). The van der Waals surface area contributed by atoms with Gasteiger partial charge in [-0.15, -0.1) is 0 Å². The van der Waals surface area contributed by atoms with Gasteiger partial charge < -0.3 is 19.5 Å². The molecule has 1 saturated carbocycles. The molecule has 12 heteroatoms. The first-order chi connectivity index (χ1) is 19.1. The van der Waals surface area contributed by atoms with Crippen molar-refractivity contribution < 1.29 is 32.2 Å². The van der Waals surface area contributed by atoms with E-state index >= 15 is 0 Å². The summed E-state index contributed by atoms with van der Waals surface area (Å²) in [6, 6.07) is 15.0. The van der Waals surface area contributed by atoms with Crippen molar-refractivity contribution in [3.05, 3.63) is 76.7 Å². The number of benzene rings is 2. The Hall–Kier alpha value is -3.90. The lowest BCUT2D eigenvalue weighted by molar-refractivity contribution is 0.0154. The van der Waals surface area contributed by atoms with Gasteiger partial charge in [0, 0.05) is 23.5 Å². The predicted octanol–water partition coefficient (Wildman–Crippen LogP) is 3.74. The fourth-order valence-electron chi connectivity index (χ4n) is 5.19. The summed E-state index contributed by atoms with van der Waals surface area (Å²) in [6.45, 7) is 3.32. The van der Waals surface area contributed by atoms with Crippen LogP contribution in [0, 0.1) is 0 Å². The molecular weight excluding hydrogens is 538 g/mol. The van der Waals surface area contributed by atoms with E-state index in [2.05, 4.69) is 5.32 Å². The van der Waals surface area contributed by atoms with E-state index in [-0.39, 0.29) is 47.7 Å². The van der Waals surface area contributed by atoms with Gasteiger partial charge in [-0.3, -0.25) is 9.36 Å². The van der Waals surface area contributed by atoms with Gasteiger partial charge in [0.2, 0.25) is 10.0 Å². The van der Waals surface area contributed by atoms with Crippen molar-refractivity contribution in [3.8, 4) is 0 Å². The molecule has 1 spiro atoms. The van der Waals surface area contributed by atoms with Gasteiger partial charge in [0.15, 0.2) is 6.73 Å². The molecule has 1 aliphatic heterocycles. The number of pyridine rings is 1. The van der Waals surface area contributed by atoms with E-state index in [1.807, 2.05) is 30.3 Å². The Morgan fingerprint density at radius 2 is 1.77 bits per heavy atom. The van der Waals surface area contributed by atoms with Crippen LogP contribution in [0.5, 0.6) is 0 Å². The van der Waals surface area contributed by atoms with Crippen LogP contribution < -0.4 is 10.9 Å². The van der Waals surface area contributed by atoms with E-state index in [4.69, 9.17) is 14.2 Å². The largest absolute Gasteiger partial charge is 0.510 e. The normalized spacial score (nSPS) is 18.1. The number of fused-ring (bicyclic) bond motifs is 1. The first-order valence-electron chi connectivity index (χ1n) is 13.1. The van der Waals surface area contributed by atoms with Crippen LogP contribution in [0.15, 0.2) is 70.5 Å². The van der Waals surface area contributed by atoms with Gasteiger partial charge in [0.05, 0.1) is 22.6 Å². The zero-order chi connectivity index (χ0) is 28.5. The van der Waals surface area contributed by atoms with Gasteiger partial charge in [-0.2, -0.15) is 4.31 Å². The molecule has 1 amide bonds. The number of nitrogens with zero attached hydrogens (tertiary/aromatic N) is 2. The van der Waals surface area contributed by atoms with Crippen molar-refractivity contribution in [1.29, 1.82) is 0 Å². The van der Waals surface area contributed by atoms with Gasteiger partial charge in [-0.25, -0.2) is 18.0 Å². The summed E-state index contributed by atoms with van der Waals surface area (Å²) < 4.78 is 45.8. The maximum Gasteiger partial charge on any atom is 0.510 e. The van der Waals surface area contributed by atoms with Crippen molar-refractivity contribution in [2.45, 2.75) is 69.0 Å². The molecule has 1 N–H and O–H groups in total. The predicted molar refractivity (Wildman–Crippen MR) is 145 cm³/mol. The number of ether oxygens (including phenoxy) is 3. The van der Waals surface area contributed by atoms with Gasteiger partial charge >= 0.3 is 12.2 Å². The number of carbonyl (C=O) groups excluding carboxylic acids is 2. The van der Waals surface area contributed by atoms with E-state index in [1.54, 1.807) is 13.8 Å². The van der Waals surface area contributed by atoms with Gasteiger partial charge in [0.25, 0.3) is 5.56 Å². The highest BCUT2D eigenvalue weighted by molar-refractivity contribution is 7.89. The maximum atomic E-state index is 13.9. The van der Waals surface area contributed by atoms with E-state index in [9.17, 15) is 22.8 Å². The van der Waals surface area contributed by atoms with Crippen LogP contribution in [-0.2, 0) is 37.6 Å². The molecule has 2 aliphatic rings. The average molecular weight is 570 g/mol.